The van der Waals surface area contributed by atoms with Crippen molar-refractivity contribution in [3.8, 4) is 17.2 Å². The molecule has 210 valence electrons. The predicted molar refractivity (Wildman–Crippen MR) is 156 cm³/mol. The number of halogens is 1. The van der Waals surface area contributed by atoms with Crippen molar-refractivity contribution in [1.29, 1.82) is 0 Å². The van der Waals surface area contributed by atoms with Gasteiger partial charge in [-0.1, -0.05) is 15.9 Å². The van der Waals surface area contributed by atoms with Gasteiger partial charge in [0.05, 0.1) is 26.5 Å². The smallest absolute Gasteiger partial charge is 0.248 e. The number of anilines is 1. The maximum absolute atomic E-state index is 13.9. The summed E-state index contributed by atoms with van der Waals surface area (Å²) in [5.74, 6) is 1.85. The number of ether oxygens (including phenoxy) is 3. The number of amides is 2. The Morgan fingerprint density at radius 2 is 1.77 bits per heavy atom. The van der Waals surface area contributed by atoms with Crippen LogP contribution in [0.4, 0.5) is 5.69 Å². The van der Waals surface area contributed by atoms with Crippen LogP contribution >= 0.6 is 15.9 Å². The summed E-state index contributed by atoms with van der Waals surface area (Å²) in [6.45, 7) is 6.23. The number of methoxy groups -OCH3 is 2. The van der Waals surface area contributed by atoms with E-state index >= 15 is 0 Å². The zero-order valence-electron chi connectivity index (χ0n) is 22.8. The first-order valence-corrected chi connectivity index (χ1v) is 14.1. The summed E-state index contributed by atoms with van der Waals surface area (Å²) < 4.78 is 17.5. The molecule has 0 atom stereocenters. The van der Waals surface area contributed by atoms with E-state index in [9.17, 15) is 9.59 Å². The molecule has 9 nitrogen and oxygen atoms in total. The van der Waals surface area contributed by atoms with Gasteiger partial charge in [0.15, 0.2) is 0 Å². The van der Waals surface area contributed by atoms with Crippen LogP contribution < -0.4 is 29.7 Å². The van der Waals surface area contributed by atoms with Crippen LogP contribution in [0.25, 0.3) is 6.08 Å². The Kier molecular flexibility index (Phi) is 9.74. The van der Waals surface area contributed by atoms with Crippen LogP contribution in [-0.4, -0.2) is 82.3 Å². The minimum Gasteiger partial charge on any atom is -0.497 e. The van der Waals surface area contributed by atoms with Crippen LogP contribution in [0, 0.1) is 0 Å². The molecule has 4 rings (SSSR count). The van der Waals surface area contributed by atoms with Crippen LogP contribution in [0.1, 0.15) is 25.3 Å². The van der Waals surface area contributed by atoms with Gasteiger partial charge in [0, 0.05) is 48.4 Å². The summed E-state index contributed by atoms with van der Waals surface area (Å²) in [5, 5.41) is 6.40. The fourth-order valence-electron chi connectivity index (χ4n) is 5.12. The molecule has 0 saturated carbocycles. The van der Waals surface area contributed by atoms with Gasteiger partial charge in [-0.25, -0.2) is 0 Å². The molecular formula is C29H37BrN4O5. The van der Waals surface area contributed by atoms with E-state index in [1.165, 1.54) is 6.08 Å². The van der Waals surface area contributed by atoms with Crippen molar-refractivity contribution in [3.05, 3.63) is 52.5 Å². The van der Waals surface area contributed by atoms with Gasteiger partial charge in [-0.3, -0.25) is 9.59 Å². The molecule has 0 aromatic heterocycles. The Morgan fingerprint density at radius 1 is 1.03 bits per heavy atom. The Balaban J connectivity index is 1.44. The van der Waals surface area contributed by atoms with E-state index in [1.54, 1.807) is 20.3 Å². The van der Waals surface area contributed by atoms with E-state index < -0.39 is 5.54 Å². The van der Waals surface area contributed by atoms with Gasteiger partial charge in [-0.2, -0.15) is 0 Å². The van der Waals surface area contributed by atoms with Crippen LogP contribution in [0.2, 0.25) is 0 Å². The molecule has 2 fully saturated rings. The van der Waals surface area contributed by atoms with Crippen molar-refractivity contribution >= 4 is 39.5 Å². The summed E-state index contributed by atoms with van der Waals surface area (Å²) >= 11 is 3.48. The maximum atomic E-state index is 13.9. The van der Waals surface area contributed by atoms with Crippen LogP contribution in [0.15, 0.2) is 46.9 Å². The van der Waals surface area contributed by atoms with Gasteiger partial charge in [0.2, 0.25) is 11.8 Å². The van der Waals surface area contributed by atoms with E-state index in [2.05, 4.69) is 31.5 Å². The van der Waals surface area contributed by atoms with Crippen molar-refractivity contribution in [1.82, 2.24) is 15.5 Å². The summed E-state index contributed by atoms with van der Waals surface area (Å²) in [5.41, 5.74) is 0.823. The van der Waals surface area contributed by atoms with Crippen LogP contribution in [-0.2, 0) is 9.59 Å². The second kappa shape index (κ2) is 13.2. The molecule has 2 aliphatic heterocycles. The molecule has 2 aliphatic rings. The molecule has 0 bridgehead atoms. The molecule has 2 aromatic rings. The quantitative estimate of drug-likeness (QED) is 0.426. The first kappa shape index (κ1) is 28.8. The van der Waals surface area contributed by atoms with Crippen molar-refractivity contribution in [3.63, 3.8) is 0 Å². The summed E-state index contributed by atoms with van der Waals surface area (Å²) in [6, 6.07) is 11.4. The fraction of sp³-hybridized carbons (Fsp3) is 0.448. The summed E-state index contributed by atoms with van der Waals surface area (Å²) in [6.07, 6.45) is 4.29. The topological polar surface area (TPSA) is 92.4 Å². The second-order valence-corrected chi connectivity index (χ2v) is 10.5. The third-order valence-corrected chi connectivity index (χ3v) is 7.70. The minimum absolute atomic E-state index is 0.0236. The largest absolute Gasteiger partial charge is 0.497 e. The molecule has 2 N–H and O–H groups in total. The normalized spacial score (nSPS) is 17.1. The first-order valence-electron chi connectivity index (χ1n) is 13.3. The minimum atomic E-state index is -0.938. The highest BCUT2D eigenvalue weighted by atomic mass is 79.9. The van der Waals surface area contributed by atoms with Crippen LogP contribution in [0.5, 0.6) is 17.2 Å². The number of hydrogen-bond donors (Lipinski definition) is 2. The zero-order chi connectivity index (χ0) is 27.8. The number of nitrogens with one attached hydrogen (secondary N) is 2. The van der Waals surface area contributed by atoms with Crippen LogP contribution in [0.3, 0.4) is 0 Å². The Bertz CT molecular complexity index is 1190. The van der Waals surface area contributed by atoms with Crippen molar-refractivity contribution in [2.75, 3.05) is 65.0 Å². The van der Waals surface area contributed by atoms with Gasteiger partial charge < -0.3 is 34.6 Å². The van der Waals surface area contributed by atoms with Crippen molar-refractivity contribution in [2.24, 2.45) is 0 Å². The lowest BCUT2D eigenvalue weighted by Gasteiger charge is -2.43. The fourth-order valence-corrected chi connectivity index (χ4v) is 5.50. The average Bonchev–Trinajstić information content (AvgIpc) is 2.97. The number of hydrogen-bond acceptors (Lipinski definition) is 7. The van der Waals surface area contributed by atoms with Gasteiger partial charge in [0.1, 0.15) is 22.8 Å². The second-order valence-electron chi connectivity index (χ2n) is 9.59. The third kappa shape index (κ3) is 6.86. The molecule has 0 spiro atoms. The standard InChI is InChI=1S/C29H37BrN4O5/c1-4-39-25-9-6-22(30)19-21(25)5-10-27(35)32-29(11-13-31-14-12-29)28(36)34-17-15-33(16-18-34)24-8-7-23(37-2)20-26(24)38-3/h5-10,19-20,31H,4,11-18H2,1-3H3,(H,32,35). The van der Waals surface area contributed by atoms with Crippen molar-refractivity contribution < 1.29 is 23.8 Å². The lowest BCUT2D eigenvalue weighted by molar-refractivity contribution is -0.142. The van der Waals surface area contributed by atoms with E-state index in [0.29, 0.717) is 64.5 Å². The van der Waals surface area contributed by atoms with E-state index in [-0.39, 0.29) is 11.8 Å². The number of carbonyl (C=O) groups is 2. The van der Waals surface area contributed by atoms with Gasteiger partial charge in [-0.15, -0.1) is 0 Å². The Hall–Kier alpha value is -3.24. The number of carbonyl (C=O) groups excluding carboxylic acids is 2. The lowest BCUT2D eigenvalue weighted by atomic mass is 9.86. The SMILES string of the molecule is CCOc1ccc(Br)cc1C=CC(=O)NC1(C(=O)N2CCN(c3ccc(OC)cc3OC)CC2)CCNCC1. The molecule has 39 heavy (non-hydrogen) atoms. The van der Waals surface area contributed by atoms with E-state index in [0.717, 1.165) is 27.2 Å². The predicted octanol–water partition coefficient (Wildman–Crippen LogP) is 3.47. The van der Waals surface area contributed by atoms with E-state index in [4.69, 9.17) is 14.2 Å². The van der Waals surface area contributed by atoms with Crippen molar-refractivity contribution in [2.45, 2.75) is 25.3 Å². The molecule has 0 unspecified atom stereocenters. The zero-order valence-corrected chi connectivity index (χ0v) is 24.4. The van der Waals surface area contributed by atoms with E-state index in [1.807, 2.05) is 48.2 Å². The number of piperazine rings is 1. The summed E-state index contributed by atoms with van der Waals surface area (Å²) in [4.78, 5) is 31.1. The molecule has 2 aromatic carbocycles. The number of nitrogens with zero attached hydrogens (tertiary/aromatic N) is 2. The number of piperidine rings is 1. The first-order chi connectivity index (χ1) is 18.9. The average molecular weight is 602 g/mol. The number of benzene rings is 2. The highest BCUT2D eigenvalue weighted by Gasteiger charge is 2.43. The molecular weight excluding hydrogens is 564 g/mol. The molecule has 0 radical (unpaired) electrons. The maximum Gasteiger partial charge on any atom is 0.248 e. The lowest BCUT2D eigenvalue weighted by Crippen LogP contribution is -2.65. The van der Waals surface area contributed by atoms with Gasteiger partial charge in [-0.05, 0) is 69.3 Å². The monoisotopic (exact) mass is 600 g/mol. The molecule has 2 amide bonds. The molecule has 10 heteroatoms. The highest BCUT2D eigenvalue weighted by Crippen LogP contribution is 2.33. The molecule has 2 saturated heterocycles. The highest BCUT2D eigenvalue weighted by molar-refractivity contribution is 9.10. The molecule has 2 heterocycles. The Labute approximate surface area is 238 Å². The molecule has 0 aliphatic carbocycles. The number of rotatable bonds is 9. The third-order valence-electron chi connectivity index (χ3n) is 7.21. The van der Waals surface area contributed by atoms with Gasteiger partial charge in [0.25, 0.3) is 0 Å². The summed E-state index contributed by atoms with van der Waals surface area (Å²) in [7, 11) is 3.27. The van der Waals surface area contributed by atoms with Gasteiger partial charge >= 0.3 is 0 Å². The Morgan fingerprint density at radius 3 is 2.44 bits per heavy atom.